The van der Waals surface area contributed by atoms with Crippen LogP contribution < -0.4 is 11.1 Å². The van der Waals surface area contributed by atoms with Gasteiger partial charge in [-0.25, -0.2) is 0 Å². The van der Waals surface area contributed by atoms with E-state index in [2.05, 4.69) is 25.7 Å². The van der Waals surface area contributed by atoms with E-state index < -0.39 is 0 Å². The number of aromatic nitrogens is 3. The van der Waals surface area contributed by atoms with Crippen LogP contribution in [-0.2, 0) is 6.54 Å². The Morgan fingerprint density at radius 2 is 2.00 bits per heavy atom. The van der Waals surface area contributed by atoms with E-state index in [0.29, 0.717) is 12.4 Å². The molecule has 3 N–H and O–H groups in total. The first-order chi connectivity index (χ1) is 10.2. The second-order valence-corrected chi connectivity index (χ2v) is 5.44. The average Bonchev–Trinajstić information content (AvgIpc) is 2.88. The molecule has 0 aromatic carbocycles. The molecule has 0 saturated heterocycles. The Morgan fingerprint density at radius 1 is 1.19 bits per heavy atom. The summed E-state index contributed by atoms with van der Waals surface area (Å²) in [5.74, 6) is 0.538. The number of nitrogens with zero attached hydrogens (tertiary/aromatic N) is 3. The molecule has 5 nitrogen and oxygen atoms in total. The molecule has 0 unspecified atom stereocenters. The molecule has 0 radical (unpaired) electrons. The molecule has 6 heteroatoms. The Balaban J connectivity index is 1.82. The van der Waals surface area contributed by atoms with E-state index in [0.717, 1.165) is 27.4 Å². The fourth-order valence-electron chi connectivity index (χ4n) is 2.01. The van der Waals surface area contributed by atoms with E-state index in [1.54, 1.807) is 12.4 Å². The molecule has 3 rings (SSSR count). The summed E-state index contributed by atoms with van der Waals surface area (Å²) >= 11 is 1.37. The molecule has 106 valence electrons. The summed E-state index contributed by atoms with van der Waals surface area (Å²) in [5, 5.41) is 4.34. The maximum atomic E-state index is 5.99. The van der Waals surface area contributed by atoms with Crippen LogP contribution in [0.1, 0.15) is 11.3 Å². The molecule has 0 amide bonds. The fraction of sp³-hybridized carbons (Fsp3) is 0.133. The number of nitrogens with one attached hydrogen (secondary N) is 1. The van der Waals surface area contributed by atoms with Gasteiger partial charge in [-0.05, 0) is 47.8 Å². The third-order valence-electron chi connectivity index (χ3n) is 3.11. The van der Waals surface area contributed by atoms with Crippen LogP contribution in [0.4, 0.5) is 10.8 Å². The van der Waals surface area contributed by atoms with Crippen LogP contribution in [-0.4, -0.2) is 14.3 Å². The lowest BCUT2D eigenvalue weighted by Gasteiger charge is -2.07. The molecule has 3 heterocycles. The number of hydrogen-bond acceptors (Lipinski definition) is 6. The number of anilines is 2. The zero-order chi connectivity index (χ0) is 14.7. The molecule has 0 aliphatic rings. The highest BCUT2D eigenvalue weighted by Gasteiger charge is 2.13. The van der Waals surface area contributed by atoms with Crippen LogP contribution in [0, 0.1) is 6.92 Å². The molecule has 0 atom stereocenters. The summed E-state index contributed by atoms with van der Waals surface area (Å²) in [4.78, 5) is 8.32. The van der Waals surface area contributed by atoms with Crippen molar-refractivity contribution < 1.29 is 0 Å². The summed E-state index contributed by atoms with van der Waals surface area (Å²) in [6.45, 7) is 2.66. The lowest BCUT2D eigenvalue weighted by molar-refractivity contribution is 1.09. The number of pyridine rings is 2. The van der Waals surface area contributed by atoms with Crippen molar-refractivity contribution in [1.29, 1.82) is 0 Å². The van der Waals surface area contributed by atoms with Gasteiger partial charge in [-0.15, -0.1) is 0 Å². The van der Waals surface area contributed by atoms with Crippen molar-refractivity contribution in [2.24, 2.45) is 0 Å². The highest BCUT2D eigenvalue weighted by Crippen LogP contribution is 2.36. The molecule has 3 aromatic heterocycles. The molecule has 21 heavy (non-hydrogen) atoms. The van der Waals surface area contributed by atoms with Crippen LogP contribution in [0.2, 0.25) is 0 Å². The minimum atomic E-state index is 0.538. The predicted octanol–water partition coefficient (Wildman–Crippen LogP) is 3.10. The van der Waals surface area contributed by atoms with Gasteiger partial charge in [-0.2, -0.15) is 4.37 Å². The van der Waals surface area contributed by atoms with E-state index in [-0.39, 0.29) is 0 Å². The monoisotopic (exact) mass is 297 g/mol. The Hall–Kier alpha value is -2.47. The fourth-order valence-corrected chi connectivity index (χ4v) is 2.74. The number of aryl methyl sites for hydroxylation is 1. The maximum Gasteiger partial charge on any atom is 0.147 e. The van der Waals surface area contributed by atoms with Crippen molar-refractivity contribution in [1.82, 2.24) is 14.3 Å². The van der Waals surface area contributed by atoms with Gasteiger partial charge in [0.1, 0.15) is 10.8 Å². The van der Waals surface area contributed by atoms with Gasteiger partial charge in [0.2, 0.25) is 0 Å². The lowest BCUT2D eigenvalue weighted by atomic mass is 10.1. The topological polar surface area (TPSA) is 76.7 Å². The van der Waals surface area contributed by atoms with Gasteiger partial charge < -0.3 is 11.1 Å². The molecule has 0 bridgehead atoms. The Kier molecular flexibility index (Phi) is 3.79. The average molecular weight is 297 g/mol. The summed E-state index contributed by atoms with van der Waals surface area (Å²) in [5.41, 5.74) is 10.1. The van der Waals surface area contributed by atoms with Gasteiger partial charge in [0.05, 0.1) is 5.56 Å². The summed E-state index contributed by atoms with van der Waals surface area (Å²) < 4.78 is 4.24. The second-order valence-electron chi connectivity index (χ2n) is 4.67. The number of nitrogen functional groups attached to an aromatic ring is 1. The third kappa shape index (κ3) is 3.00. The zero-order valence-electron chi connectivity index (χ0n) is 11.6. The van der Waals surface area contributed by atoms with E-state index in [4.69, 9.17) is 5.73 Å². The molecular weight excluding hydrogens is 282 g/mol. The van der Waals surface area contributed by atoms with Crippen molar-refractivity contribution in [2.75, 3.05) is 11.1 Å². The smallest absolute Gasteiger partial charge is 0.147 e. The molecule has 0 spiro atoms. The van der Waals surface area contributed by atoms with Gasteiger partial charge in [0.25, 0.3) is 0 Å². The van der Waals surface area contributed by atoms with Crippen molar-refractivity contribution >= 4 is 22.4 Å². The van der Waals surface area contributed by atoms with Crippen LogP contribution >= 0.6 is 11.5 Å². The van der Waals surface area contributed by atoms with Crippen molar-refractivity contribution in [3.05, 3.63) is 54.1 Å². The van der Waals surface area contributed by atoms with Crippen LogP contribution in [0.5, 0.6) is 0 Å². The summed E-state index contributed by atoms with van der Waals surface area (Å²) in [6, 6.07) is 7.92. The molecule has 0 aliphatic carbocycles. The van der Waals surface area contributed by atoms with Crippen molar-refractivity contribution in [2.45, 2.75) is 13.5 Å². The van der Waals surface area contributed by atoms with Crippen LogP contribution in [0.3, 0.4) is 0 Å². The molecule has 0 saturated carbocycles. The largest absolute Gasteiger partial charge is 0.382 e. The zero-order valence-corrected chi connectivity index (χ0v) is 12.4. The predicted molar refractivity (Wildman–Crippen MR) is 86.1 cm³/mol. The second kappa shape index (κ2) is 5.88. The minimum Gasteiger partial charge on any atom is -0.382 e. The first kappa shape index (κ1) is 13.5. The standard InChI is InChI=1S/C15H15N5S/c1-10-2-3-11(8-18-10)9-19-15-13(14(16)20-21-15)12-4-6-17-7-5-12/h2-8,19H,9H2,1H3,(H2,16,20). The molecule has 0 fully saturated rings. The van der Waals surface area contributed by atoms with Crippen LogP contribution in [0.25, 0.3) is 11.1 Å². The number of hydrogen-bond donors (Lipinski definition) is 2. The van der Waals surface area contributed by atoms with Gasteiger partial charge in [0, 0.05) is 30.8 Å². The van der Waals surface area contributed by atoms with E-state index in [1.165, 1.54) is 11.5 Å². The lowest BCUT2D eigenvalue weighted by Crippen LogP contribution is -2.00. The summed E-state index contributed by atoms with van der Waals surface area (Å²) in [7, 11) is 0. The first-order valence-electron chi connectivity index (χ1n) is 6.55. The third-order valence-corrected chi connectivity index (χ3v) is 3.93. The van der Waals surface area contributed by atoms with E-state index >= 15 is 0 Å². The van der Waals surface area contributed by atoms with Gasteiger partial charge in [0.15, 0.2) is 0 Å². The summed E-state index contributed by atoms with van der Waals surface area (Å²) in [6.07, 6.45) is 5.37. The van der Waals surface area contributed by atoms with Gasteiger partial charge >= 0.3 is 0 Å². The highest BCUT2D eigenvalue weighted by molar-refractivity contribution is 7.11. The SMILES string of the molecule is Cc1ccc(CNc2snc(N)c2-c2ccncc2)cn1. The number of nitrogens with two attached hydrogens (primary N) is 1. The minimum absolute atomic E-state index is 0.538. The van der Waals surface area contributed by atoms with E-state index in [1.807, 2.05) is 31.3 Å². The van der Waals surface area contributed by atoms with E-state index in [9.17, 15) is 0 Å². The quantitative estimate of drug-likeness (QED) is 0.774. The van der Waals surface area contributed by atoms with Crippen molar-refractivity contribution in [3.8, 4) is 11.1 Å². The number of rotatable bonds is 4. The van der Waals surface area contributed by atoms with Crippen molar-refractivity contribution in [3.63, 3.8) is 0 Å². The van der Waals surface area contributed by atoms with Gasteiger partial charge in [-0.3, -0.25) is 9.97 Å². The normalized spacial score (nSPS) is 10.5. The van der Waals surface area contributed by atoms with Crippen LogP contribution in [0.15, 0.2) is 42.9 Å². The maximum absolute atomic E-state index is 5.99. The molecular formula is C15H15N5S. The van der Waals surface area contributed by atoms with Gasteiger partial charge in [-0.1, -0.05) is 6.07 Å². The first-order valence-corrected chi connectivity index (χ1v) is 7.32. The molecule has 3 aromatic rings. The Morgan fingerprint density at radius 3 is 2.71 bits per heavy atom. The Bertz CT molecular complexity index is 722. The Labute approximate surface area is 127 Å². The molecule has 0 aliphatic heterocycles. The highest BCUT2D eigenvalue weighted by atomic mass is 32.1.